The Morgan fingerprint density at radius 3 is 2.85 bits per heavy atom. The van der Waals surface area contributed by atoms with Crippen LogP contribution in [0, 0.1) is 12.8 Å². The van der Waals surface area contributed by atoms with Crippen LogP contribution in [0.2, 0.25) is 0 Å². The molecule has 0 spiro atoms. The summed E-state index contributed by atoms with van der Waals surface area (Å²) < 4.78 is 11.7. The molecule has 0 saturated heterocycles. The highest BCUT2D eigenvalue weighted by atomic mass is 16.5. The molecule has 3 heteroatoms. The minimum Gasteiger partial charge on any atom is -0.496 e. The van der Waals surface area contributed by atoms with Crippen molar-refractivity contribution in [1.29, 1.82) is 0 Å². The Morgan fingerprint density at radius 1 is 1.40 bits per heavy atom. The molecule has 2 unspecified atom stereocenters. The van der Waals surface area contributed by atoms with E-state index in [1.54, 1.807) is 7.11 Å². The fraction of sp³-hybridized carbons (Fsp3) is 0.647. The molecule has 2 N–H and O–H groups in total. The molecule has 0 aromatic heterocycles. The van der Waals surface area contributed by atoms with Crippen LogP contribution in [0.5, 0.6) is 5.75 Å². The van der Waals surface area contributed by atoms with Crippen LogP contribution in [0.25, 0.3) is 0 Å². The number of aryl methyl sites for hydroxylation is 1. The van der Waals surface area contributed by atoms with Crippen LogP contribution in [0.4, 0.5) is 0 Å². The second-order valence-corrected chi connectivity index (χ2v) is 6.19. The summed E-state index contributed by atoms with van der Waals surface area (Å²) in [5.41, 5.74) is 8.20. The van der Waals surface area contributed by atoms with Gasteiger partial charge >= 0.3 is 0 Å². The normalized spacial score (nSPS) is 26.5. The maximum atomic E-state index is 6.27. The number of nitrogens with two attached hydrogens (primary N) is 1. The van der Waals surface area contributed by atoms with E-state index in [1.807, 2.05) is 6.07 Å². The first kappa shape index (κ1) is 15.3. The molecule has 1 aromatic rings. The van der Waals surface area contributed by atoms with E-state index in [-0.39, 0.29) is 5.60 Å². The maximum Gasteiger partial charge on any atom is 0.124 e. The second kappa shape index (κ2) is 6.59. The SMILES string of the molecule is COc1ccc(C)cc1COC1(CN)CCCC(C)C1. The molecular weight excluding hydrogens is 250 g/mol. The van der Waals surface area contributed by atoms with Gasteiger partial charge in [-0.25, -0.2) is 0 Å². The van der Waals surface area contributed by atoms with Crippen molar-refractivity contribution in [3.8, 4) is 5.75 Å². The molecule has 2 rings (SSSR count). The van der Waals surface area contributed by atoms with Gasteiger partial charge < -0.3 is 15.2 Å². The van der Waals surface area contributed by atoms with Crippen molar-refractivity contribution in [3.63, 3.8) is 0 Å². The van der Waals surface area contributed by atoms with Gasteiger partial charge in [0.05, 0.1) is 19.3 Å². The van der Waals surface area contributed by atoms with E-state index in [0.717, 1.165) is 24.2 Å². The first-order chi connectivity index (χ1) is 9.58. The molecule has 1 aromatic carbocycles. The lowest BCUT2D eigenvalue weighted by Crippen LogP contribution is -2.44. The maximum absolute atomic E-state index is 6.27. The largest absolute Gasteiger partial charge is 0.496 e. The highest BCUT2D eigenvalue weighted by Crippen LogP contribution is 2.35. The molecule has 0 heterocycles. The Bertz CT molecular complexity index is 447. The number of hydrogen-bond donors (Lipinski definition) is 1. The van der Waals surface area contributed by atoms with Crippen LogP contribution >= 0.6 is 0 Å². The summed E-state index contributed by atoms with van der Waals surface area (Å²) in [5.74, 6) is 1.60. The molecular formula is C17H27NO2. The molecule has 112 valence electrons. The third kappa shape index (κ3) is 3.53. The molecule has 0 radical (unpaired) electrons. The van der Waals surface area contributed by atoms with E-state index >= 15 is 0 Å². The number of ether oxygens (including phenoxy) is 2. The summed E-state index contributed by atoms with van der Waals surface area (Å²) in [4.78, 5) is 0. The van der Waals surface area contributed by atoms with Crippen molar-refractivity contribution < 1.29 is 9.47 Å². The lowest BCUT2D eigenvalue weighted by molar-refractivity contribution is -0.0844. The summed E-state index contributed by atoms with van der Waals surface area (Å²) in [6.45, 7) is 5.56. The Morgan fingerprint density at radius 2 is 2.20 bits per heavy atom. The van der Waals surface area contributed by atoms with Crippen molar-refractivity contribution in [3.05, 3.63) is 29.3 Å². The monoisotopic (exact) mass is 277 g/mol. The summed E-state index contributed by atoms with van der Waals surface area (Å²) >= 11 is 0. The Balaban J connectivity index is 2.08. The van der Waals surface area contributed by atoms with Crippen LogP contribution in [0.1, 0.15) is 43.7 Å². The average Bonchev–Trinajstić information content (AvgIpc) is 2.45. The van der Waals surface area contributed by atoms with E-state index in [4.69, 9.17) is 15.2 Å². The zero-order chi connectivity index (χ0) is 14.6. The van der Waals surface area contributed by atoms with Crippen molar-refractivity contribution in [2.75, 3.05) is 13.7 Å². The molecule has 0 aliphatic heterocycles. The van der Waals surface area contributed by atoms with Crippen LogP contribution in [-0.4, -0.2) is 19.3 Å². The fourth-order valence-electron chi connectivity index (χ4n) is 3.24. The van der Waals surface area contributed by atoms with Crippen molar-refractivity contribution in [1.82, 2.24) is 0 Å². The van der Waals surface area contributed by atoms with E-state index in [2.05, 4.69) is 26.0 Å². The molecule has 0 bridgehead atoms. The molecule has 2 atom stereocenters. The van der Waals surface area contributed by atoms with Crippen LogP contribution in [0.3, 0.4) is 0 Å². The third-order valence-corrected chi connectivity index (χ3v) is 4.39. The van der Waals surface area contributed by atoms with E-state index in [1.165, 1.54) is 18.4 Å². The van der Waals surface area contributed by atoms with Gasteiger partial charge in [-0.05, 0) is 31.7 Å². The first-order valence-corrected chi connectivity index (χ1v) is 7.56. The van der Waals surface area contributed by atoms with Crippen molar-refractivity contribution >= 4 is 0 Å². The minimum absolute atomic E-state index is 0.146. The molecule has 1 aliphatic carbocycles. The smallest absolute Gasteiger partial charge is 0.124 e. The quantitative estimate of drug-likeness (QED) is 0.896. The fourth-order valence-corrected chi connectivity index (χ4v) is 3.24. The molecule has 1 aliphatic rings. The number of methoxy groups -OCH3 is 1. The van der Waals surface area contributed by atoms with Gasteiger partial charge in [-0.15, -0.1) is 0 Å². The van der Waals surface area contributed by atoms with Crippen LogP contribution < -0.4 is 10.5 Å². The highest BCUT2D eigenvalue weighted by Gasteiger charge is 2.34. The number of benzene rings is 1. The highest BCUT2D eigenvalue weighted by molar-refractivity contribution is 5.36. The average molecular weight is 277 g/mol. The second-order valence-electron chi connectivity index (χ2n) is 6.19. The van der Waals surface area contributed by atoms with Gasteiger partial charge in [-0.3, -0.25) is 0 Å². The molecule has 3 nitrogen and oxygen atoms in total. The summed E-state index contributed by atoms with van der Waals surface area (Å²) in [6, 6.07) is 6.20. The first-order valence-electron chi connectivity index (χ1n) is 7.56. The Kier molecular flexibility index (Phi) is 5.06. The van der Waals surface area contributed by atoms with Crippen LogP contribution in [0.15, 0.2) is 18.2 Å². The van der Waals surface area contributed by atoms with Crippen molar-refractivity contribution in [2.45, 2.75) is 51.7 Å². The van der Waals surface area contributed by atoms with Gasteiger partial charge in [0.2, 0.25) is 0 Å². The summed E-state index contributed by atoms with van der Waals surface area (Å²) in [5, 5.41) is 0. The third-order valence-electron chi connectivity index (χ3n) is 4.39. The van der Waals surface area contributed by atoms with Gasteiger partial charge in [0.1, 0.15) is 5.75 Å². The Labute approximate surface area is 122 Å². The molecule has 20 heavy (non-hydrogen) atoms. The zero-order valence-electron chi connectivity index (χ0n) is 12.9. The molecule has 1 saturated carbocycles. The summed E-state index contributed by atoms with van der Waals surface area (Å²) in [7, 11) is 1.70. The summed E-state index contributed by atoms with van der Waals surface area (Å²) in [6.07, 6.45) is 4.64. The van der Waals surface area contributed by atoms with Gasteiger partial charge in [0.25, 0.3) is 0 Å². The number of hydrogen-bond acceptors (Lipinski definition) is 3. The lowest BCUT2D eigenvalue weighted by atomic mass is 9.79. The van der Waals surface area contributed by atoms with Gasteiger partial charge in [0, 0.05) is 12.1 Å². The van der Waals surface area contributed by atoms with Gasteiger partial charge in [0.15, 0.2) is 0 Å². The lowest BCUT2D eigenvalue weighted by Gasteiger charge is -2.39. The number of rotatable bonds is 5. The zero-order valence-corrected chi connectivity index (χ0v) is 12.9. The van der Waals surface area contributed by atoms with Gasteiger partial charge in [-0.2, -0.15) is 0 Å². The van der Waals surface area contributed by atoms with E-state index in [0.29, 0.717) is 19.1 Å². The predicted molar refractivity (Wildman–Crippen MR) is 81.9 cm³/mol. The van der Waals surface area contributed by atoms with Crippen molar-refractivity contribution in [2.24, 2.45) is 11.7 Å². The topological polar surface area (TPSA) is 44.5 Å². The van der Waals surface area contributed by atoms with Crippen LogP contribution in [-0.2, 0) is 11.3 Å². The van der Waals surface area contributed by atoms with E-state index in [9.17, 15) is 0 Å². The molecule has 1 fully saturated rings. The minimum atomic E-state index is -0.146. The Hall–Kier alpha value is -1.06. The van der Waals surface area contributed by atoms with Gasteiger partial charge in [-0.1, -0.05) is 37.5 Å². The van der Waals surface area contributed by atoms with E-state index < -0.39 is 0 Å². The molecule has 0 amide bonds. The predicted octanol–water partition coefficient (Wildman–Crippen LogP) is 3.43. The standard InChI is InChI=1S/C17H27NO2/c1-13-6-7-16(19-3)15(9-13)11-20-17(12-18)8-4-5-14(2)10-17/h6-7,9,14H,4-5,8,10-12,18H2,1-3H3.